The maximum Gasteiger partial charge on any atom is 0.165 e. The molecule has 1 fully saturated rings. The summed E-state index contributed by atoms with van der Waals surface area (Å²) < 4.78 is 11.4. The predicted molar refractivity (Wildman–Crippen MR) is 98.0 cm³/mol. The van der Waals surface area contributed by atoms with Gasteiger partial charge in [-0.25, -0.2) is 0 Å². The van der Waals surface area contributed by atoms with Gasteiger partial charge in [0.2, 0.25) is 0 Å². The summed E-state index contributed by atoms with van der Waals surface area (Å²) in [5, 5.41) is 10.5. The molecular formula is C21H25NO3. The maximum atomic E-state index is 10.5. The van der Waals surface area contributed by atoms with Crippen molar-refractivity contribution in [3.63, 3.8) is 0 Å². The van der Waals surface area contributed by atoms with Crippen molar-refractivity contribution in [3.8, 4) is 22.6 Å². The van der Waals surface area contributed by atoms with Crippen LogP contribution < -0.4 is 4.74 Å². The van der Waals surface area contributed by atoms with Gasteiger partial charge in [-0.2, -0.15) is 0 Å². The van der Waals surface area contributed by atoms with Crippen LogP contribution >= 0.6 is 0 Å². The van der Waals surface area contributed by atoms with E-state index in [1.165, 1.54) is 5.56 Å². The average molecular weight is 339 g/mol. The molecule has 1 saturated heterocycles. The molecule has 1 unspecified atom stereocenters. The van der Waals surface area contributed by atoms with Gasteiger partial charge in [0, 0.05) is 31.8 Å². The van der Waals surface area contributed by atoms with E-state index in [2.05, 4.69) is 30.0 Å². The molecular weight excluding hydrogens is 314 g/mol. The quantitative estimate of drug-likeness (QED) is 0.928. The molecule has 4 rings (SSSR count). The van der Waals surface area contributed by atoms with Gasteiger partial charge in [-0.05, 0) is 48.1 Å². The zero-order valence-electron chi connectivity index (χ0n) is 14.7. The lowest BCUT2D eigenvalue weighted by Crippen LogP contribution is -2.31. The molecule has 2 aliphatic rings. The van der Waals surface area contributed by atoms with Gasteiger partial charge in [0.05, 0.1) is 6.61 Å². The molecule has 1 atom stereocenters. The first-order valence-corrected chi connectivity index (χ1v) is 9.05. The van der Waals surface area contributed by atoms with Crippen LogP contribution in [-0.4, -0.2) is 42.9 Å². The number of hydrogen-bond acceptors (Lipinski definition) is 4. The number of phenolic OH excluding ortho intramolecular Hbond substituents is 1. The summed E-state index contributed by atoms with van der Waals surface area (Å²) in [6.45, 7) is 7.16. The fourth-order valence-corrected chi connectivity index (χ4v) is 3.85. The van der Waals surface area contributed by atoms with E-state index >= 15 is 0 Å². The first-order chi connectivity index (χ1) is 12.2. The number of benzene rings is 2. The third kappa shape index (κ3) is 3.51. The highest BCUT2D eigenvalue weighted by Gasteiger charge is 2.24. The van der Waals surface area contributed by atoms with Crippen molar-refractivity contribution >= 4 is 0 Å². The van der Waals surface area contributed by atoms with Crippen molar-refractivity contribution in [2.24, 2.45) is 5.92 Å². The van der Waals surface area contributed by atoms with Crippen LogP contribution in [0.1, 0.15) is 17.5 Å². The Morgan fingerprint density at radius 3 is 2.88 bits per heavy atom. The molecule has 2 aliphatic heterocycles. The molecule has 0 spiro atoms. The fraction of sp³-hybridized carbons (Fsp3) is 0.429. The normalized spacial score (nSPS) is 20.8. The standard InChI is InChI=1S/C21H25NO3/c1-15-4-2-3-5-19(15)17-10-18-13-22(12-16-6-8-24-14-16)7-9-25-21(18)20(23)11-17/h2-5,10-11,16,23H,6-9,12-14H2,1H3. The van der Waals surface area contributed by atoms with Gasteiger partial charge in [0.25, 0.3) is 0 Å². The second kappa shape index (κ2) is 7.06. The van der Waals surface area contributed by atoms with Crippen molar-refractivity contribution in [2.75, 3.05) is 32.9 Å². The molecule has 4 heteroatoms. The topological polar surface area (TPSA) is 41.9 Å². The van der Waals surface area contributed by atoms with Crippen LogP contribution in [0.4, 0.5) is 0 Å². The van der Waals surface area contributed by atoms with E-state index in [0.29, 0.717) is 18.3 Å². The van der Waals surface area contributed by atoms with Crippen LogP contribution in [-0.2, 0) is 11.3 Å². The Morgan fingerprint density at radius 1 is 1.20 bits per heavy atom. The molecule has 4 nitrogen and oxygen atoms in total. The minimum atomic E-state index is 0.238. The first kappa shape index (κ1) is 16.4. The highest BCUT2D eigenvalue weighted by atomic mass is 16.5. The SMILES string of the molecule is Cc1ccccc1-c1cc(O)c2c(c1)CN(CC1CCOC1)CCO2. The van der Waals surface area contributed by atoms with Crippen LogP contribution in [0.5, 0.6) is 11.5 Å². The third-order valence-corrected chi connectivity index (χ3v) is 5.19. The van der Waals surface area contributed by atoms with Crippen molar-refractivity contribution < 1.29 is 14.6 Å². The van der Waals surface area contributed by atoms with Gasteiger partial charge in [-0.3, -0.25) is 4.90 Å². The number of aryl methyl sites for hydroxylation is 1. The lowest BCUT2D eigenvalue weighted by molar-refractivity contribution is 0.159. The van der Waals surface area contributed by atoms with E-state index in [-0.39, 0.29) is 5.75 Å². The van der Waals surface area contributed by atoms with Crippen LogP contribution in [0, 0.1) is 12.8 Å². The second-order valence-corrected chi connectivity index (χ2v) is 7.11. The van der Waals surface area contributed by atoms with Crippen LogP contribution in [0.2, 0.25) is 0 Å². The maximum absolute atomic E-state index is 10.5. The van der Waals surface area contributed by atoms with Crippen molar-refractivity contribution in [1.29, 1.82) is 0 Å². The molecule has 0 aromatic heterocycles. The minimum absolute atomic E-state index is 0.238. The van der Waals surface area contributed by atoms with Gasteiger partial charge in [0.15, 0.2) is 11.5 Å². The highest BCUT2D eigenvalue weighted by molar-refractivity contribution is 5.71. The molecule has 25 heavy (non-hydrogen) atoms. The summed E-state index contributed by atoms with van der Waals surface area (Å²) in [5.74, 6) is 1.49. The van der Waals surface area contributed by atoms with Crippen LogP contribution in [0.15, 0.2) is 36.4 Å². The largest absolute Gasteiger partial charge is 0.504 e. The Hall–Kier alpha value is -2.04. The minimum Gasteiger partial charge on any atom is -0.504 e. The summed E-state index contributed by atoms with van der Waals surface area (Å²) >= 11 is 0. The fourth-order valence-electron chi connectivity index (χ4n) is 3.85. The molecule has 0 radical (unpaired) electrons. The molecule has 0 bridgehead atoms. The zero-order valence-corrected chi connectivity index (χ0v) is 14.7. The van der Waals surface area contributed by atoms with Gasteiger partial charge < -0.3 is 14.6 Å². The summed E-state index contributed by atoms with van der Waals surface area (Å²) in [6.07, 6.45) is 1.14. The first-order valence-electron chi connectivity index (χ1n) is 9.05. The monoisotopic (exact) mass is 339 g/mol. The number of fused-ring (bicyclic) bond motifs is 1. The average Bonchev–Trinajstić information content (AvgIpc) is 3.01. The van der Waals surface area contributed by atoms with E-state index in [1.807, 2.05) is 18.2 Å². The summed E-state index contributed by atoms with van der Waals surface area (Å²) in [6, 6.07) is 12.3. The summed E-state index contributed by atoms with van der Waals surface area (Å²) in [5.41, 5.74) is 4.47. The Balaban J connectivity index is 1.63. The molecule has 0 aliphatic carbocycles. The second-order valence-electron chi connectivity index (χ2n) is 7.11. The molecule has 0 amide bonds. The Morgan fingerprint density at radius 2 is 2.08 bits per heavy atom. The Kier molecular flexibility index (Phi) is 4.64. The van der Waals surface area contributed by atoms with E-state index < -0.39 is 0 Å². The molecule has 2 aromatic carbocycles. The van der Waals surface area contributed by atoms with Crippen LogP contribution in [0.3, 0.4) is 0 Å². The lowest BCUT2D eigenvalue weighted by Gasteiger charge is -2.22. The predicted octanol–water partition coefficient (Wildman–Crippen LogP) is 3.60. The van der Waals surface area contributed by atoms with Gasteiger partial charge >= 0.3 is 0 Å². The number of ether oxygens (including phenoxy) is 2. The van der Waals surface area contributed by atoms with Gasteiger partial charge in [-0.1, -0.05) is 24.3 Å². The van der Waals surface area contributed by atoms with Crippen molar-refractivity contribution in [2.45, 2.75) is 19.9 Å². The summed E-state index contributed by atoms with van der Waals surface area (Å²) in [7, 11) is 0. The highest BCUT2D eigenvalue weighted by Crippen LogP contribution is 2.38. The molecule has 2 aromatic rings. The molecule has 2 heterocycles. The number of nitrogens with zero attached hydrogens (tertiary/aromatic N) is 1. The zero-order chi connectivity index (χ0) is 17.2. The van der Waals surface area contributed by atoms with Crippen molar-refractivity contribution in [1.82, 2.24) is 4.90 Å². The number of hydrogen-bond donors (Lipinski definition) is 1. The van der Waals surface area contributed by atoms with E-state index in [1.54, 1.807) is 0 Å². The van der Waals surface area contributed by atoms with E-state index in [4.69, 9.17) is 9.47 Å². The molecule has 0 saturated carbocycles. The lowest BCUT2D eigenvalue weighted by atomic mass is 9.97. The number of phenols is 1. The molecule has 132 valence electrons. The van der Waals surface area contributed by atoms with E-state index in [0.717, 1.165) is 56.0 Å². The number of rotatable bonds is 3. The smallest absolute Gasteiger partial charge is 0.165 e. The van der Waals surface area contributed by atoms with Gasteiger partial charge in [0.1, 0.15) is 6.61 Å². The number of aromatic hydroxyl groups is 1. The van der Waals surface area contributed by atoms with E-state index in [9.17, 15) is 5.11 Å². The Bertz CT molecular complexity index is 753. The van der Waals surface area contributed by atoms with Crippen LogP contribution in [0.25, 0.3) is 11.1 Å². The summed E-state index contributed by atoms with van der Waals surface area (Å²) in [4.78, 5) is 2.42. The van der Waals surface area contributed by atoms with Crippen molar-refractivity contribution in [3.05, 3.63) is 47.5 Å². The third-order valence-electron chi connectivity index (χ3n) is 5.19. The van der Waals surface area contributed by atoms with Gasteiger partial charge in [-0.15, -0.1) is 0 Å². The Labute approximate surface area is 149 Å². The molecule has 1 N–H and O–H groups in total.